The van der Waals surface area contributed by atoms with E-state index in [0.29, 0.717) is 10.2 Å². The van der Waals surface area contributed by atoms with Crippen LogP contribution in [0.3, 0.4) is 0 Å². The number of aromatic nitrogens is 2. The molecular weight excluding hydrogens is 488 g/mol. The van der Waals surface area contributed by atoms with E-state index >= 15 is 0 Å². The summed E-state index contributed by atoms with van der Waals surface area (Å²) < 4.78 is 0. The fourth-order valence-electron chi connectivity index (χ4n) is 4.82. The van der Waals surface area contributed by atoms with Crippen molar-refractivity contribution < 1.29 is 0 Å². The number of nitrogens with one attached hydrogen (secondary N) is 2. The first-order valence-corrected chi connectivity index (χ1v) is 13.3. The highest BCUT2D eigenvalue weighted by Gasteiger charge is 2.30. The molecule has 4 heterocycles. The summed E-state index contributed by atoms with van der Waals surface area (Å²) in [6, 6.07) is 11.6. The molecule has 4 rings (SSSR count). The van der Waals surface area contributed by atoms with Crippen LogP contribution in [0.25, 0.3) is 0 Å². The van der Waals surface area contributed by atoms with Gasteiger partial charge in [-0.2, -0.15) is 10.2 Å². The number of nitrogens with zero attached hydrogens (tertiary/aromatic N) is 6. The van der Waals surface area contributed by atoms with Crippen LogP contribution in [-0.4, -0.2) is 67.6 Å². The van der Waals surface area contributed by atoms with Crippen molar-refractivity contribution in [2.75, 3.05) is 26.2 Å². The predicted molar refractivity (Wildman–Crippen MR) is 153 cm³/mol. The van der Waals surface area contributed by atoms with E-state index in [1.54, 1.807) is 12.4 Å². The lowest BCUT2D eigenvalue weighted by Crippen LogP contribution is -2.47. The van der Waals surface area contributed by atoms with Crippen LogP contribution < -0.4 is 10.9 Å². The molecule has 0 aliphatic carbocycles. The molecule has 190 valence electrons. The Hall–Kier alpha value is -2.98. The van der Waals surface area contributed by atoms with Gasteiger partial charge in [0.2, 0.25) is 0 Å². The molecule has 2 saturated heterocycles. The summed E-state index contributed by atoms with van der Waals surface area (Å²) in [5.41, 5.74) is 9.46. The Morgan fingerprint density at radius 2 is 1.11 bits per heavy atom. The van der Waals surface area contributed by atoms with E-state index in [-0.39, 0.29) is 0 Å². The molecule has 0 bridgehead atoms. The third kappa shape index (κ3) is 7.04. The molecule has 0 unspecified atom stereocenters. The zero-order chi connectivity index (χ0) is 25.3. The first-order valence-electron chi connectivity index (χ1n) is 12.5. The van der Waals surface area contributed by atoms with Crippen molar-refractivity contribution in [2.45, 2.75) is 39.5 Å². The standard InChI is InChI=1S/C26H34N8S2/c1-19(23-7-3-5-13-27-23)29-31-25(35)33-15-9-21(10-16-33)22-11-17-34(18-12-22)26(36)32-30-20(2)24-8-4-6-14-28-24/h3-8,13-14,21-22H,9-12,15-18H2,1-2H3,(H,31,35)(H,32,36)/b29-19-,30-20-. The Bertz CT molecular complexity index is 986. The van der Waals surface area contributed by atoms with Crippen LogP contribution in [0.5, 0.6) is 0 Å². The van der Waals surface area contributed by atoms with Gasteiger partial charge in [-0.15, -0.1) is 0 Å². The van der Waals surface area contributed by atoms with Gasteiger partial charge in [0.1, 0.15) is 0 Å². The molecule has 10 heteroatoms. The van der Waals surface area contributed by atoms with E-state index in [9.17, 15) is 0 Å². The normalized spacial score (nSPS) is 18.2. The molecule has 0 aromatic carbocycles. The molecule has 0 radical (unpaired) electrons. The Balaban J connectivity index is 1.18. The van der Waals surface area contributed by atoms with E-state index in [1.807, 2.05) is 50.2 Å². The molecule has 0 atom stereocenters. The van der Waals surface area contributed by atoms with Crippen LogP contribution in [0.2, 0.25) is 0 Å². The first-order chi connectivity index (χ1) is 17.5. The van der Waals surface area contributed by atoms with Gasteiger partial charge >= 0.3 is 0 Å². The summed E-state index contributed by atoms with van der Waals surface area (Å²) in [5, 5.41) is 10.2. The third-order valence-corrected chi connectivity index (χ3v) is 7.73. The predicted octanol–water partition coefficient (Wildman–Crippen LogP) is 3.80. The molecule has 2 N–H and O–H groups in total. The van der Waals surface area contributed by atoms with Crippen molar-refractivity contribution in [1.82, 2.24) is 30.6 Å². The SMILES string of the molecule is C/C(=N/NC(=S)N1CCC(C2CCN(C(=S)N/N=C(/C)c3ccccn3)CC2)CC1)c1ccccn1. The molecule has 2 aromatic rings. The number of pyridine rings is 2. The zero-order valence-electron chi connectivity index (χ0n) is 20.9. The fraction of sp³-hybridized carbons (Fsp3) is 0.462. The lowest BCUT2D eigenvalue weighted by Gasteiger charge is -2.41. The number of hydrazone groups is 2. The maximum atomic E-state index is 5.60. The van der Waals surface area contributed by atoms with Crippen molar-refractivity contribution in [3.8, 4) is 0 Å². The monoisotopic (exact) mass is 522 g/mol. The number of hydrogen-bond acceptors (Lipinski definition) is 6. The van der Waals surface area contributed by atoms with Gasteiger partial charge in [0.05, 0.1) is 22.8 Å². The molecule has 0 saturated carbocycles. The van der Waals surface area contributed by atoms with Crippen LogP contribution in [0, 0.1) is 11.8 Å². The van der Waals surface area contributed by atoms with Crippen molar-refractivity contribution in [3.63, 3.8) is 0 Å². The van der Waals surface area contributed by atoms with Gasteiger partial charge in [-0.05, 0) is 100 Å². The maximum absolute atomic E-state index is 5.60. The molecule has 2 aliphatic rings. The van der Waals surface area contributed by atoms with Crippen LogP contribution in [0.1, 0.15) is 50.9 Å². The van der Waals surface area contributed by atoms with E-state index in [0.717, 1.165) is 86.5 Å². The fourth-order valence-corrected chi connectivity index (χ4v) is 5.28. The van der Waals surface area contributed by atoms with Gasteiger partial charge in [-0.3, -0.25) is 20.8 Å². The molecule has 8 nitrogen and oxygen atoms in total. The van der Waals surface area contributed by atoms with Crippen molar-refractivity contribution in [1.29, 1.82) is 0 Å². The quantitative estimate of drug-likeness (QED) is 0.349. The Morgan fingerprint density at radius 1 is 0.722 bits per heavy atom. The second kappa shape index (κ2) is 12.8. The van der Waals surface area contributed by atoms with E-state index < -0.39 is 0 Å². The smallest absolute Gasteiger partial charge is 0.189 e. The van der Waals surface area contributed by atoms with E-state index in [1.165, 1.54) is 0 Å². The highest BCUT2D eigenvalue weighted by Crippen LogP contribution is 2.32. The summed E-state index contributed by atoms with van der Waals surface area (Å²) in [6.07, 6.45) is 8.17. The zero-order valence-corrected chi connectivity index (χ0v) is 22.6. The first kappa shape index (κ1) is 26.1. The average Bonchev–Trinajstić information content (AvgIpc) is 2.95. The van der Waals surface area contributed by atoms with Gasteiger partial charge in [0.15, 0.2) is 10.2 Å². The largest absolute Gasteiger partial charge is 0.348 e. The summed E-state index contributed by atoms with van der Waals surface area (Å²) in [6.45, 7) is 7.75. The van der Waals surface area contributed by atoms with Crippen molar-refractivity contribution in [2.24, 2.45) is 22.0 Å². The van der Waals surface area contributed by atoms with E-state index in [4.69, 9.17) is 24.4 Å². The minimum Gasteiger partial charge on any atom is -0.348 e. The average molecular weight is 523 g/mol. The molecule has 0 amide bonds. The van der Waals surface area contributed by atoms with Crippen molar-refractivity contribution in [3.05, 3.63) is 60.2 Å². The third-order valence-electron chi connectivity index (χ3n) is 7.03. The Labute approximate surface area is 224 Å². The molecule has 2 aliphatic heterocycles. The lowest BCUT2D eigenvalue weighted by atomic mass is 9.79. The maximum Gasteiger partial charge on any atom is 0.189 e. The number of likely N-dealkylation sites (tertiary alicyclic amines) is 2. The van der Waals surface area contributed by atoms with Crippen LogP contribution in [0.15, 0.2) is 59.0 Å². The lowest BCUT2D eigenvalue weighted by molar-refractivity contribution is 0.144. The highest BCUT2D eigenvalue weighted by molar-refractivity contribution is 7.80. The van der Waals surface area contributed by atoms with Gasteiger partial charge in [-0.25, -0.2) is 0 Å². The Morgan fingerprint density at radius 3 is 1.44 bits per heavy atom. The number of rotatable bonds is 5. The van der Waals surface area contributed by atoms with Gasteiger partial charge < -0.3 is 9.80 Å². The number of hydrogen-bond donors (Lipinski definition) is 2. The molecule has 2 aromatic heterocycles. The summed E-state index contributed by atoms with van der Waals surface area (Å²) >= 11 is 11.2. The highest BCUT2D eigenvalue weighted by atomic mass is 32.1. The second-order valence-corrected chi connectivity index (χ2v) is 10.1. The molecule has 0 spiro atoms. The van der Waals surface area contributed by atoms with Gasteiger partial charge in [-0.1, -0.05) is 12.1 Å². The van der Waals surface area contributed by atoms with Gasteiger partial charge in [0, 0.05) is 38.6 Å². The van der Waals surface area contributed by atoms with Gasteiger partial charge in [0.25, 0.3) is 0 Å². The molecular formula is C26H34N8S2. The van der Waals surface area contributed by atoms with Crippen LogP contribution >= 0.6 is 24.4 Å². The topological polar surface area (TPSA) is 81.0 Å². The van der Waals surface area contributed by atoms with Crippen LogP contribution in [-0.2, 0) is 0 Å². The summed E-state index contributed by atoms with van der Waals surface area (Å²) in [4.78, 5) is 13.1. The second-order valence-electron chi connectivity index (χ2n) is 9.31. The van der Waals surface area contributed by atoms with E-state index in [2.05, 4.69) is 40.8 Å². The number of piperidine rings is 2. The minimum absolute atomic E-state index is 0.691. The summed E-state index contributed by atoms with van der Waals surface area (Å²) in [5.74, 6) is 1.46. The minimum atomic E-state index is 0.691. The molecule has 36 heavy (non-hydrogen) atoms. The van der Waals surface area contributed by atoms with Crippen molar-refractivity contribution >= 4 is 46.1 Å². The van der Waals surface area contributed by atoms with Crippen LogP contribution in [0.4, 0.5) is 0 Å². The number of thiocarbonyl (C=S) groups is 2. The Kier molecular flexibility index (Phi) is 9.29. The molecule has 2 fully saturated rings. The summed E-state index contributed by atoms with van der Waals surface area (Å²) in [7, 11) is 0.